The van der Waals surface area contributed by atoms with Crippen LogP contribution in [0.15, 0.2) is 47.1 Å². The molecule has 0 N–H and O–H groups in total. The Bertz CT molecular complexity index is 272. The molecule has 0 fully saturated rings. The number of hydrogen-bond acceptors (Lipinski definition) is 0. The Morgan fingerprint density at radius 2 is 1.38 bits per heavy atom. The molecule has 0 unspecified atom stereocenters. The molecule has 0 atom stereocenters. The average molecular weight is 222 g/mol. The van der Waals surface area contributed by atoms with Gasteiger partial charge in [-0.1, -0.05) is 57.2 Å². The topological polar surface area (TPSA) is 0 Å². The molecule has 0 bridgehead atoms. The Balaban J connectivity index is -0.000000529. The van der Waals surface area contributed by atoms with Crippen molar-refractivity contribution < 1.29 is 0 Å². The second-order valence-electron chi connectivity index (χ2n) is 3.34. The first-order valence-corrected chi connectivity index (χ1v) is 5.66. The van der Waals surface area contributed by atoms with E-state index in [-0.39, 0.29) is 7.43 Å². The van der Waals surface area contributed by atoms with Crippen LogP contribution in [0.5, 0.6) is 0 Å². The fourth-order valence-corrected chi connectivity index (χ4v) is 1.04. The molecule has 0 aromatic carbocycles. The SMILES string of the molecule is C.C=C(C)C(=C/C(C)=C\C)/C(C)=C\C.CC. The minimum Gasteiger partial charge on any atom is -0.0955 e. The van der Waals surface area contributed by atoms with Crippen LogP contribution < -0.4 is 0 Å². The summed E-state index contributed by atoms with van der Waals surface area (Å²) in [4.78, 5) is 0. The third-order valence-electron chi connectivity index (χ3n) is 2.14. The van der Waals surface area contributed by atoms with Gasteiger partial charge in [0.05, 0.1) is 0 Å². The Hall–Kier alpha value is -1.04. The van der Waals surface area contributed by atoms with Crippen molar-refractivity contribution in [1.82, 2.24) is 0 Å². The maximum absolute atomic E-state index is 3.98. The van der Waals surface area contributed by atoms with Gasteiger partial charge in [0, 0.05) is 0 Å². The second-order valence-corrected chi connectivity index (χ2v) is 3.34. The van der Waals surface area contributed by atoms with E-state index in [1.165, 1.54) is 16.7 Å². The summed E-state index contributed by atoms with van der Waals surface area (Å²) >= 11 is 0. The van der Waals surface area contributed by atoms with Crippen LogP contribution in [0, 0.1) is 0 Å². The predicted octanol–water partition coefficient (Wildman–Crippen LogP) is 6.08. The van der Waals surface area contributed by atoms with Crippen LogP contribution in [0.2, 0.25) is 0 Å². The molecule has 0 aliphatic carbocycles. The van der Waals surface area contributed by atoms with Gasteiger partial charge >= 0.3 is 0 Å². The number of allylic oxidation sites excluding steroid dienone is 7. The Morgan fingerprint density at radius 3 is 1.62 bits per heavy atom. The normalized spacial score (nSPS) is 12.3. The lowest BCUT2D eigenvalue weighted by molar-refractivity contribution is 1.29. The second kappa shape index (κ2) is 12.0. The molecule has 0 saturated heterocycles. The van der Waals surface area contributed by atoms with Gasteiger partial charge in [-0.05, 0) is 45.8 Å². The van der Waals surface area contributed by atoms with Crippen LogP contribution in [0.1, 0.15) is 55.9 Å². The van der Waals surface area contributed by atoms with Crippen molar-refractivity contribution in [1.29, 1.82) is 0 Å². The van der Waals surface area contributed by atoms with Crippen LogP contribution in [0.25, 0.3) is 0 Å². The molecule has 0 nitrogen and oxygen atoms in total. The molecule has 0 amide bonds. The molecule has 0 aromatic heterocycles. The Kier molecular flexibility index (Phi) is 15.3. The first kappa shape index (κ1) is 20.4. The highest BCUT2D eigenvalue weighted by atomic mass is 14.0. The third-order valence-corrected chi connectivity index (χ3v) is 2.14. The van der Waals surface area contributed by atoms with Gasteiger partial charge in [-0.3, -0.25) is 0 Å². The van der Waals surface area contributed by atoms with Gasteiger partial charge in [-0.25, -0.2) is 0 Å². The highest BCUT2D eigenvalue weighted by Crippen LogP contribution is 2.19. The van der Waals surface area contributed by atoms with Crippen LogP contribution in [0.4, 0.5) is 0 Å². The first-order chi connectivity index (χ1) is 7.02. The lowest BCUT2D eigenvalue weighted by Gasteiger charge is -2.07. The van der Waals surface area contributed by atoms with E-state index in [0.29, 0.717) is 0 Å². The van der Waals surface area contributed by atoms with E-state index in [2.05, 4.69) is 45.6 Å². The maximum atomic E-state index is 3.98. The minimum absolute atomic E-state index is 0. The van der Waals surface area contributed by atoms with Gasteiger partial charge in [-0.15, -0.1) is 0 Å². The molecule has 0 heteroatoms. The van der Waals surface area contributed by atoms with Gasteiger partial charge in [-0.2, -0.15) is 0 Å². The minimum atomic E-state index is 0. The van der Waals surface area contributed by atoms with Crippen molar-refractivity contribution in [2.24, 2.45) is 0 Å². The van der Waals surface area contributed by atoms with Gasteiger partial charge in [0.15, 0.2) is 0 Å². The van der Waals surface area contributed by atoms with Crippen LogP contribution >= 0.6 is 0 Å². The lowest BCUT2D eigenvalue weighted by atomic mass is 9.99. The molecule has 0 heterocycles. The van der Waals surface area contributed by atoms with E-state index < -0.39 is 0 Å². The van der Waals surface area contributed by atoms with E-state index >= 15 is 0 Å². The lowest BCUT2D eigenvalue weighted by Crippen LogP contribution is -1.87. The van der Waals surface area contributed by atoms with Gasteiger partial charge in [0.1, 0.15) is 0 Å². The van der Waals surface area contributed by atoms with Gasteiger partial charge in [0.2, 0.25) is 0 Å². The number of hydrogen-bond donors (Lipinski definition) is 0. The van der Waals surface area contributed by atoms with Crippen molar-refractivity contribution in [3.8, 4) is 0 Å². The zero-order valence-electron chi connectivity index (χ0n) is 11.4. The standard InChI is InChI=1S/C13H20.C2H6.CH4/c1-7-11(5)9-13(10(3)4)12(6)8-2;1-2;/h7-9H,3H2,1-2,4-6H3;1-2H3;1H4/b11-7-,12-8-,13-9-;;. The van der Waals surface area contributed by atoms with Crippen LogP contribution in [-0.2, 0) is 0 Å². The highest BCUT2D eigenvalue weighted by Gasteiger charge is 1.99. The molecule has 94 valence electrons. The smallest absolute Gasteiger partial charge is 0.0205 e. The van der Waals surface area contributed by atoms with Gasteiger partial charge in [0.25, 0.3) is 0 Å². The highest BCUT2D eigenvalue weighted by molar-refractivity contribution is 5.46. The summed E-state index contributed by atoms with van der Waals surface area (Å²) in [7, 11) is 0. The van der Waals surface area contributed by atoms with Crippen LogP contribution in [-0.4, -0.2) is 0 Å². The molecule has 0 saturated carbocycles. The molecular formula is C16H30. The molecule has 0 rings (SSSR count). The van der Waals surface area contributed by atoms with Crippen molar-refractivity contribution in [3.05, 3.63) is 47.1 Å². The van der Waals surface area contributed by atoms with E-state index in [9.17, 15) is 0 Å². The van der Waals surface area contributed by atoms with Crippen molar-refractivity contribution in [2.45, 2.75) is 55.9 Å². The molecule has 0 aliphatic heterocycles. The molecule has 16 heavy (non-hydrogen) atoms. The van der Waals surface area contributed by atoms with E-state index in [0.717, 1.165) is 5.57 Å². The number of rotatable bonds is 3. The first-order valence-electron chi connectivity index (χ1n) is 5.66. The largest absolute Gasteiger partial charge is 0.0955 e. The fraction of sp³-hybridized carbons (Fsp3) is 0.500. The van der Waals surface area contributed by atoms with Crippen LogP contribution in [0.3, 0.4) is 0 Å². The summed E-state index contributed by atoms with van der Waals surface area (Å²) in [6, 6.07) is 0. The predicted molar refractivity (Wildman–Crippen MR) is 79.8 cm³/mol. The molecule has 0 aliphatic rings. The Labute approximate surface area is 103 Å². The van der Waals surface area contributed by atoms with Gasteiger partial charge < -0.3 is 0 Å². The summed E-state index contributed by atoms with van der Waals surface area (Å²) in [5.74, 6) is 0. The third kappa shape index (κ3) is 8.28. The van der Waals surface area contributed by atoms with Crippen molar-refractivity contribution >= 4 is 0 Å². The molecule has 0 radical (unpaired) electrons. The van der Waals surface area contributed by atoms with E-state index in [1.807, 2.05) is 27.7 Å². The zero-order chi connectivity index (χ0) is 12.4. The summed E-state index contributed by atoms with van der Waals surface area (Å²) in [6.07, 6.45) is 6.40. The summed E-state index contributed by atoms with van der Waals surface area (Å²) in [5, 5.41) is 0. The molecule has 0 spiro atoms. The quantitative estimate of drug-likeness (QED) is 0.507. The van der Waals surface area contributed by atoms with E-state index in [1.54, 1.807) is 0 Å². The average Bonchev–Trinajstić information content (AvgIpc) is 2.26. The monoisotopic (exact) mass is 222 g/mol. The summed E-state index contributed by atoms with van der Waals surface area (Å²) < 4.78 is 0. The Morgan fingerprint density at radius 1 is 0.938 bits per heavy atom. The molecular weight excluding hydrogens is 192 g/mol. The van der Waals surface area contributed by atoms with Crippen molar-refractivity contribution in [2.75, 3.05) is 0 Å². The maximum Gasteiger partial charge on any atom is -0.0205 e. The van der Waals surface area contributed by atoms with E-state index in [4.69, 9.17) is 0 Å². The summed E-state index contributed by atoms with van der Waals surface area (Å²) in [6.45, 7) is 18.3. The molecule has 0 aromatic rings. The fourth-order valence-electron chi connectivity index (χ4n) is 1.04. The van der Waals surface area contributed by atoms with Crippen molar-refractivity contribution in [3.63, 3.8) is 0 Å². The zero-order valence-corrected chi connectivity index (χ0v) is 11.4. The summed E-state index contributed by atoms with van der Waals surface area (Å²) in [5.41, 5.74) is 4.93.